The Morgan fingerprint density at radius 3 is 0.875 bits per heavy atom. The molecule has 242 valence electrons. The van der Waals surface area contributed by atoms with E-state index in [1.165, 1.54) is 154 Å². The van der Waals surface area contributed by atoms with Gasteiger partial charge in [0.2, 0.25) is 0 Å². The molecule has 0 amide bonds. The average Bonchev–Trinajstić information content (AvgIpc) is 2.97. The minimum Gasteiger partial charge on any atom is -0.327 e. The van der Waals surface area contributed by atoms with Crippen LogP contribution >= 0.6 is 0 Å². The molecule has 0 aliphatic rings. The Morgan fingerprint density at radius 2 is 0.575 bits per heavy atom. The van der Waals surface area contributed by atoms with Gasteiger partial charge in [0.15, 0.2) is 0 Å². The van der Waals surface area contributed by atoms with Crippen LogP contribution < -0.4 is 0 Å². The molecule has 0 radical (unpaired) electrons. The van der Waals surface area contributed by atoms with Gasteiger partial charge in [-0.1, -0.05) is 176 Å². The van der Waals surface area contributed by atoms with Gasteiger partial charge in [-0.15, -0.1) is 0 Å². The molecule has 0 heterocycles. The van der Waals surface area contributed by atoms with Gasteiger partial charge in [-0.05, 0) is 32.1 Å². The molecule has 0 spiro atoms. The van der Waals surface area contributed by atoms with E-state index in [0.717, 1.165) is 39.1 Å². The van der Waals surface area contributed by atoms with Crippen LogP contribution in [0.5, 0.6) is 0 Å². The fraction of sp³-hybridized carbons (Fsp3) is 1.00. The standard InChI is InChI=1S/C37H76O3/c1-6-11-16-18-20-21-22-23-25-27-32-36(31-26-24-19-17-12-7-2)37(38-33-28-13-8-3,39-34-29-14-9-4)40-35-30-15-10-5/h36H,6-35H2,1-5H3. The van der Waals surface area contributed by atoms with Crippen LogP contribution in [0.15, 0.2) is 0 Å². The van der Waals surface area contributed by atoms with Crippen molar-refractivity contribution in [1.82, 2.24) is 0 Å². The maximum absolute atomic E-state index is 6.75. The highest BCUT2D eigenvalue weighted by molar-refractivity contribution is 4.74. The molecule has 0 aromatic heterocycles. The molecule has 40 heavy (non-hydrogen) atoms. The number of hydrogen-bond acceptors (Lipinski definition) is 3. The van der Waals surface area contributed by atoms with Crippen LogP contribution in [0, 0.1) is 5.92 Å². The normalized spacial score (nSPS) is 12.8. The predicted octanol–water partition coefficient (Wildman–Crippen LogP) is 12.9. The van der Waals surface area contributed by atoms with Crippen LogP contribution in [0.25, 0.3) is 0 Å². The molecule has 3 heteroatoms. The summed E-state index contributed by atoms with van der Waals surface area (Å²) < 4.78 is 20.2. The SMILES string of the molecule is CCCCCCCCCCCCC(CCCCCCCC)C(OCCCCC)(OCCCCC)OCCCCC. The van der Waals surface area contributed by atoms with Gasteiger partial charge in [0.1, 0.15) is 0 Å². The molecule has 0 N–H and O–H groups in total. The Bertz CT molecular complexity index is 435. The van der Waals surface area contributed by atoms with E-state index in [9.17, 15) is 0 Å². The molecular weight excluding hydrogens is 492 g/mol. The third kappa shape index (κ3) is 23.4. The number of rotatable bonds is 34. The van der Waals surface area contributed by atoms with E-state index in [1.807, 2.05) is 0 Å². The molecular formula is C37H76O3. The zero-order chi connectivity index (χ0) is 29.4. The monoisotopic (exact) mass is 569 g/mol. The van der Waals surface area contributed by atoms with Crippen LogP contribution in [-0.4, -0.2) is 25.8 Å². The maximum Gasteiger partial charge on any atom is 0.285 e. The van der Waals surface area contributed by atoms with Crippen molar-refractivity contribution in [3.63, 3.8) is 0 Å². The molecule has 0 rings (SSSR count). The molecule has 3 nitrogen and oxygen atoms in total. The van der Waals surface area contributed by atoms with Crippen molar-refractivity contribution in [3.05, 3.63) is 0 Å². The highest BCUT2D eigenvalue weighted by atomic mass is 16.9. The molecule has 1 unspecified atom stereocenters. The fourth-order valence-electron chi connectivity index (χ4n) is 5.73. The van der Waals surface area contributed by atoms with E-state index < -0.39 is 5.97 Å². The lowest BCUT2D eigenvalue weighted by Crippen LogP contribution is -2.47. The van der Waals surface area contributed by atoms with Crippen molar-refractivity contribution in [1.29, 1.82) is 0 Å². The summed E-state index contributed by atoms with van der Waals surface area (Å²) >= 11 is 0. The zero-order valence-corrected chi connectivity index (χ0v) is 28.5. The van der Waals surface area contributed by atoms with Gasteiger partial charge in [0.05, 0.1) is 19.8 Å². The summed E-state index contributed by atoms with van der Waals surface area (Å²) in [6, 6.07) is 0. The second-order valence-corrected chi connectivity index (χ2v) is 12.5. The average molecular weight is 569 g/mol. The molecule has 0 aliphatic heterocycles. The van der Waals surface area contributed by atoms with Crippen molar-refractivity contribution in [2.75, 3.05) is 19.8 Å². The van der Waals surface area contributed by atoms with Crippen molar-refractivity contribution in [2.24, 2.45) is 5.92 Å². The lowest BCUT2D eigenvalue weighted by Gasteiger charge is -2.40. The molecule has 0 aliphatic carbocycles. The van der Waals surface area contributed by atoms with Gasteiger partial charge in [-0.25, -0.2) is 0 Å². The summed E-state index contributed by atoms with van der Waals surface area (Å²) in [7, 11) is 0. The smallest absolute Gasteiger partial charge is 0.285 e. The Kier molecular flexibility index (Phi) is 31.7. The molecule has 0 saturated heterocycles. The van der Waals surface area contributed by atoms with E-state index in [4.69, 9.17) is 14.2 Å². The van der Waals surface area contributed by atoms with Crippen molar-refractivity contribution >= 4 is 0 Å². The highest BCUT2D eigenvalue weighted by Gasteiger charge is 2.42. The lowest BCUT2D eigenvalue weighted by atomic mass is 9.91. The summed E-state index contributed by atoms with van der Waals surface area (Å²) in [6.45, 7) is 13.7. The summed E-state index contributed by atoms with van der Waals surface area (Å²) in [4.78, 5) is 0. The first kappa shape index (κ1) is 39.9. The first-order chi connectivity index (χ1) is 19.7. The first-order valence-electron chi connectivity index (χ1n) is 18.6. The van der Waals surface area contributed by atoms with Crippen molar-refractivity contribution in [3.8, 4) is 0 Å². The Balaban J connectivity index is 5.29. The quantitative estimate of drug-likeness (QED) is 0.0570. The Labute approximate surface area is 253 Å². The highest BCUT2D eigenvalue weighted by Crippen LogP contribution is 2.35. The maximum atomic E-state index is 6.75. The lowest BCUT2D eigenvalue weighted by molar-refractivity contribution is -0.407. The molecule has 0 fully saturated rings. The van der Waals surface area contributed by atoms with Crippen LogP contribution in [0.4, 0.5) is 0 Å². The zero-order valence-electron chi connectivity index (χ0n) is 28.5. The van der Waals surface area contributed by atoms with E-state index in [1.54, 1.807) is 0 Å². The predicted molar refractivity (Wildman–Crippen MR) is 177 cm³/mol. The third-order valence-electron chi connectivity index (χ3n) is 8.47. The second-order valence-electron chi connectivity index (χ2n) is 12.5. The van der Waals surface area contributed by atoms with E-state index in [-0.39, 0.29) is 0 Å². The van der Waals surface area contributed by atoms with Crippen LogP contribution in [0.2, 0.25) is 0 Å². The van der Waals surface area contributed by atoms with Crippen LogP contribution in [-0.2, 0) is 14.2 Å². The van der Waals surface area contributed by atoms with E-state index >= 15 is 0 Å². The van der Waals surface area contributed by atoms with Gasteiger partial charge in [-0.3, -0.25) is 0 Å². The summed E-state index contributed by atoms with van der Waals surface area (Å²) in [6.07, 6.45) is 34.7. The number of hydrogen-bond donors (Lipinski definition) is 0. The van der Waals surface area contributed by atoms with Gasteiger partial charge in [0.25, 0.3) is 5.97 Å². The minimum absolute atomic E-state index is 0.331. The van der Waals surface area contributed by atoms with Gasteiger partial charge in [-0.2, -0.15) is 0 Å². The number of unbranched alkanes of at least 4 members (excludes halogenated alkanes) is 20. The molecule has 0 aromatic carbocycles. The third-order valence-corrected chi connectivity index (χ3v) is 8.47. The number of ether oxygens (including phenoxy) is 3. The van der Waals surface area contributed by atoms with E-state index in [2.05, 4.69) is 34.6 Å². The Hall–Kier alpha value is -0.120. The van der Waals surface area contributed by atoms with Gasteiger partial charge >= 0.3 is 0 Å². The largest absolute Gasteiger partial charge is 0.327 e. The van der Waals surface area contributed by atoms with Crippen LogP contribution in [0.3, 0.4) is 0 Å². The molecule has 0 aromatic rings. The molecule has 0 bridgehead atoms. The van der Waals surface area contributed by atoms with Crippen LogP contribution in [0.1, 0.15) is 208 Å². The Morgan fingerprint density at radius 1 is 0.325 bits per heavy atom. The van der Waals surface area contributed by atoms with Crippen molar-refractivity contribution < 1.29 is 14.2 Å². The van der Waals surface area contributed by atoms with E-state index in [0.29, 0.717) is 5.92 Å². The molecule has 1 atom stereocenters. The first-order valence-corrected chi connectivity index (χ1v) is 18.6. The summed E-state index contributed by atoms with van der Waals surface area (Å²) in [5.74, 6) is -0.518. The second kappa shape index (κ2) is 31.8. The minimum atomic E-state index is -0.849. The molecule has 0 saturated carbocycles. The summed E-state index contributed by atoms with van der Waals surface area (Å²) in [5.41, 5.74) is 0. The topological polar surface area (TPSA) is 27.7 Å². The van der Waals surface area contributed by atoms with Gasteiger partial charge < -0.3 is 14.2 Å². The van der Waals surface area contributed by atoms with Crippen molar-refractivity contribution in [2.45, 2.75) is 214 Å². The van der Waals surface area contributed by atoms with Gasteiger partial charge in [0, 0.05) is 5.92 Å². The fourth-order valence-corrected chi connectivity index (χ4v) is 5.73. The summed E-state index contributed by atoms with van der Waals surface area (Å²) in [5, 5.41) is 0.